The van der Waals surface area contributed by atoms with Crippen LogP contribution in [0.5, 0.6) is 0 Å². The molecule has 0 N–H and O–H groups in total. The number of imide groups is 1. The highest BCUT2D eigenvalue weighted by Gasteiger charge is 2.60. The van der Waals surface area contributed by atoms with Gasteiger partial charge in [-0.25, -0.2) is 4.79 Å². The lowest BCUT2D eigenvalue weighted by Gasteiger charge is -2.19. The number of rotatable bonds is 4. The van der Waals surface area contributed by atoms with Crippen molar-refractivity contribution in [1.29, 1.82) is 0 Å². The van der Waals surface area contributed by atoms with Gasteiger partial charge < -0.3 is 4.74 Å². The zero-order chi connectivity index (χ0) is 21.0. The van der Waals surface area contributed by atoms with E-state index in [-0.39, 0.29) is 42.1 Å². The van der Waals surface area contributed by atoms with E-state index in [2.05, 4.69) is 6.08 Å². The molecule has 1 heterocycles. The van der Waals surface area contributed by atoms with Gasteiger partial charge in [0.15, 0.2) is 0 Å². The third-order valence-corrected chi connectivity index (χ3v) is 6.93. The van der Waals surface area contributed by atoms with Gasteiger partial charge in [-0.05, 0) is 55.5 Å². The lowest BCUT2D eigenvalue weighted by atomic mass is 9.82. The summed E-state index contributed by atoms with van der Waals surface area (Å²) in [5.41, 5.74) is 2.80. The zero-order valence-electron chi connectivity index (χ0n) is 16.4. The number of esters is 1. The Hall–Kier alpha value is -2.92. The van der Waals surface area contributed by atoms with Crippen molar-refractivity contribution in [2.24, 2.45) is 23.7 Å². The summed E-state index contributed by atoms with van der Waals surface area (Å²) in [4.78, 5) is 39.6. The van der Waals surface area contributed by atoms with E-state index in [1.165, 1.54) is 10.5 Å². The highest BCUT2D eigenvalue weighted by Crippen LogP contribution is 2.55. The Bertz CT molecular complexity index is 1090. The molecule has 0 unspecified atom stereocenters. The normalized spacial score (nSPS) is 26.7. The van der Waals surface area contributed by atoms with Crippen LogP contribution in [0, 0.1) is 23.7 Å². The maximum Gasteiger partial charge on any atom is 0.338 e. The van der Waals surface area contributed by atoms with Crippen molar-refractivity contribution in [3.63, 3.8) is 0 Å². The van der Waals surface area contributed by atoms with Gasteiger partial charge in [0.05, 0.1) is 23.1 Å². The topological polar surface area (TPSA) is 63.7 Å². The fourth-order valence-corrected chi connectivity index (χ4v) is 5.31. The Kier molecular flexibility index (Phi) is 4.51. The predicted octanol–water partition coefficient (Wildman–Crippen LogP) is 4.40. The maximum atomic E-state index is 13.0. The van der Waals surface area contributed by atoms with Crippen LogP contribution in [0.2, 0.25) is 5.02 Å². The molecule has 5 nitrogen and oxygen atoms in total. The summed E-state index contributed by atoms with van der Waals surface area (Å²) in [7, 11) is 0. The summed E-state index contributed by atoms with van der Waals surface area (Å²) in [6.07, 6.45) is 3.06. The molecule has 0 radical (unpaired) electrons. The average molecular weight is 422 g/mol. The maximum absolute atomic E-state index is 13.0. The summed E-state index contributed by atoms with van der Waals surface area (Å²) < 4.78 is 5.33. The van der Waals surface area contributed by atoms with Crippen LogP contribution >= 0.6 is 11.6 Å². The van der Waals surface area contributed by atoms with Gasteiger partial charge in [-0.3, -0.25) is 14.5 Å². The van der Waals surface area contributed by atoms with Crippen LogP contribution in [-0.4, -0.2) is 17.8 Å². The van der Waals surface area contributed by atoms with Crippen LogP contribution in [-0.2, 0) is 20.9 Å². The highest BCUT2D eigenvalue weighted by molar-refractivity contribution is 6.31. The highest BCUT2D eigenvalue weighted by atomic mass is 35.5. The first-order valence-corrected chi connectivity index (χ1v) is 10.4. The van der Waals surface area contributed by atoms with E-state index in [9.17, 15) is 14.4 Å². The summed E-state index contributed by atoms with van der Waals surface area (Å²) in [6.45, 7) is 2.12. The van der Waals surface area contributed by atoms with Gasteiger partial charge in [-0.15, -0.1) is 0 Å². The summed E-state index contributed by atoms with van der Waals surface area (Å²) in [6, 6.07) is 13.6. The second kappa shape index (κ2) is 7.10. The Balaban J connectivity index is 1.30. The molecule has 1 saturated heterocycles. The second-order valence-corrected chi connectivity index (χ2v) is 8.60. The van der Waals surface area contributed by atoms with Crippen LogP contribution in [0.25, 0.3) is 0 Å². The molecule has 5 rings (SSSR count). The van der Waals surface area contributed by atoms with Gasteiger partial charge >= 0.3 is 5.97 Å². The lowest BCUT2D eigenvalue weighted by Crippen LogP contribution is -2.32. The van der Waals surface area contributed by atoms with Crippen molar-refractivity contribution in [2.75, 3.05) is 4.90 Å². The standard InChI is InChI=1S/C24H20ClNO4/c1-13-10-16-11-18(13)21-20(16)22(27)26(23(21)28)17-8-6-14(7-9-17)24(29)30-12-15-4-2-3-5-19(15)25/h2-10,16,18,20-21H,11-12H2,1H3/t16-,18+,20+,21-/m0/s1. The number of benzene rings is 2. The molecule has 1 aliphatic heterocycles. The number of anilines is 1. The molecule has 2 amide bonds. The molecule has 2 bridgehead atoms. The van der Waals surface area contributed by atoms with Gasteiger partial charge in [0.2, 0.25) is 11.8 Å². The van der Waals surface area contributed by atoms with E-state index in [1.54, 1.807) is 36.4 Å². The molecule has 0 spiro atoms. The summed E-state index contributed by atoms with van der Waals surface area (Å²) >= 11 is 6.08. The van der Waals surface area contributed by atoms with Crippen LogP contribution in [0.4, 0.5) is 5.69 Å². The van der Waals surface area contributed by atoms with E-state index in [4.69, 9.17) is 16.3 Å². The number of carbonyl (C=O) groups excluding carboxylic acids is 3. The molecule has 152 valence electrons. The molecule has 1 saturated carbocycles. The number of ether oxygens (including phenoxy) is 1. The fraction of sp³-hybridized carbons (Fsp3) is 0.292. The van der Waals surface area contributed by atoms with Crippen molar-refractivity contribution in [3.8, 4) is 0 Å². The van der Waals surface area contributed by atoms with Gasteiger partial charge in [0, 0.05) is 10.6 Å². The number of carbonyl (C=O) groups is 3. The molecular weight excluding hydrogens is 402 g/mol. The van der Waals surface area contributed by atoms with Crippen LogP contribution in [0.3, 0.4) is 0 Å². The molecule has 30 heavy (non-hydrogen) atoms. The van der Waals surface area contributed by atoms with E-state index < -0.39 is 5.97 Å². The number of amides is 2. The second-order valence-electron chi connectivity index (χ2n) is 8.19. The van der Waals surface area contributed by atoms with Crippen molar-refractivity contribution in [1.82, 2.24) is 0 Å². The van der Waals surface area contributed by atoms with Crippen LogP contribution in [0.15, 0.2) is 60.2 Å². The van der Waals surface area contributed by atoms with Crippen LogP contribution < -0.4 is 4.90 Å². The first kappa shape index (κ1) is 19.1. The van der Waals surface area contributed by atoms with Crippen molar-refractivity contribution in [3.05, 3.63) is 76.3 Å². The van der Waals surface area contributed by atoms with Crippen molar-refractivity contribution >= 4 is 35.1 Å². The number of allylic oxidation sites excluding steroid dienone is 2. The van der Waals surface area contributed by atoms with Crippen molar-refractivity contribution in [2.45, 2.75) is 20.0 Å². The molecular formula is C24H20ClNO4. The molecule has 2 aromatic rings. The first-order chi connectivity index (χ1) is 14.5. The predicted molar refractivity (Wildman–Crippen MR) is 112 cm³/mol. The smallest absolute Gasteiger partial charge is 0.338 e. The quantitative estimate of drug-likeness (QED) is 0.417. The lowest BCUT2D eigenvalue weighted by molar-refractivity contribution is -0.123. The molecule has 6 heteroatoms. The minimum atomic E-state index is -0.490. The fourth-order valence-electron chi connectivity index (χ4n) is 5.12. The largest absolute Gasteiger partial charge is 0.457 e. The SMILES string of the molecule is CC1=C[C@H]2C[C@H]1[C@@H]1C(=O)N(c3ccc(C(=O)OCc4ccccc4Cl)cc3)C(=O)[C@@H]12. The van der Waals surface area contributed by atoms with Gasteiger partial charge in [-0.1, -0.05) is 41.4 Å². The van der Waals surface area contributed by atoms with E-state index in [0.29, 0.717) is 16.3 Å². The average Bonchev–Trinajstić information content (AvgIpc) is 3.38. The monoisotopic (exact) mass is 421 g/mol. The number of hydrogen-bond acceptors (Lipinski definition) is 4. The summed E-state index contributed by atoms with van der Waals surface area (Å²) in [5.74, 6) is -0.884. The number of hydrogen-bond donors (Lipinski definition) is 0. The summed E-state index contributed by atoms with van der Waals surface area (Å²) in [5, 5.41) is 0.538. The van der Waals surface area contributed by atoms with Crippen LogP contribution in [0.1, 0.15) is 29.3 Å². The molecule has 0 aromatic heterocycles. The third kappa shape index (κ3) is 2.88. The minimum Gasteiger partial charge on any atom is -0.457 e. The zero-order valence-corrected chi connectivity index (χ0v) is 17.1. The van der Waals surface area contributed by atoms with Gasteiger partial charge in [0.25, 0.3) is 0 Å². The third-order valence-electron chi connectivity index (χ3n) is 6.56. The Labute approximate surface area is 179 Å². The van der Waals surface area contributed by atoms with Crippen molar-refractivity contribution < 1.29 is 19.1 Å². The molecule has 2 aromatic carbocycles. The first-order valence-electron chi connectivity index (χ1n) is 10.0. The molecule has 3 aliphatic rings. The number of halogens is 1. The number of fused-ring (bicyclic) bond motifs is 5. The Morgan fingerprint density at radius 1 is 1.07 bits per heavy atom. The number of nitrogens with zero attached hydrogens (tertiary/aromatic N) is 1. The molecule has 4 atom stereocenters. The minimum absolute atomic E-state index is 0.0713. The van der Waals surface area contributed by atoms with E-state index in [0.717, 1.165) is 12.0 Å². The van der Waals surface area contributed by atoms with E-state index in [1.807, 2.05) is 19.1 Å². The van der Waals surface area contributed by atoms with Gasteiger partial charge in [0.1, 0.15) is 6.61 Å². The molecule has 2 aliphatic carbocycles. The molecule has 2 fully saturated rings. The van der Waals surface area contributed by atoms with E-state index >= 15 is 0 Å². The Morgan fingerprint density at radius 3 is 2.50 bits per heavy atom. The Morgan fingerprint density at radius 2 is 1.77 bits per heavy atom. The van der Waals surface area contributed by atoms with Gasteiger partial charge in [-0.2, -0.15) is 0 Å².